The number of likely N-dealkylation sites (tertiary alicyclic amines) is 1. The van der Waals surface area contributed by atoms with Crippen LogP contribution in [0.1, 0.15) is 33.1 Å². The Hall–Kier alpha value is -1.06. The van der Waals surface area contributed by atoms with E-state index in [-0.39, 0.29) is 5.91 Å². The van der Waals surface area contributed by atoms with Crippen LogP contribution in [0.4, 0.5) is 4.79 Å². The van der Waals surface area contributed by atoms with Crippen LogP contribution in [0.15, 0.2) is 0 Å². The molecule has 0 saturated carbocycles. The SMILES string of the molecule is CC(C)COC(=O)N1CCCCC1=O. The van der Waals surface area contributed by atoms with Gasteiger partial charge in [-0.15, -0.1) is 0 Å². The van der Waals surface area contributed by atoms with Gasteiger partial charge in [0.05, 0.1) is 6.61 Å². The lowest BCUT2D eigenvalue weighted by Gasteiger charge is -2.24. The van der Waals surface area contributed by atoms with E-state index in [1.54, 1.807) is 0 Å². The van der Waals surface area contributed by atoms with E-state index in [9.17, 15) is 9.59 Å². The van der Waals surface area contributed by atoms with Crippen molar-refractivity contribution >= 4 is 12.0 Å². The van der Waals surface area contributed by atoms with Crippen molar-refractivity contribution in [2.24, 2.45) is 5.92 Å². The standard InChI is InChI=1S/C10H17NO3/c1-8(2)7-14-10(13)11-6-4-3-5-9(11)12/h8H,3-7H2,1-2H3. The topological polar surface area (TPSA) is 46.6 Å². The van der Waals surface area contributed by atoms with Crippen LogP contribution in [0, 0.1) is 5.92 Å². The van der Waals surface area contributed by atoms with Crippen molar-refractivity contribution in [2.75, 3.05) is 13.2 Å². The number of carbonyl (C=O) groups excluding carboxylic acids is 2. The van der Waals surface area contributed by atoms with Gasteiger partial charge in [-0.3, -0.25) is 4.79 Å². The summed E-state index contributed by atoms with van der Waals surface area (Å²) in [5, 5.41) is 0. The van der Waals surface area contributed by atoms with E-state index in [4.69, 9.17) is 4.74 Å². The molecule has 0 bridgehead atoms. The van der Waals surface area contributed by atoms with Gasteiger partial charge in [0, 0.05) is 13.0 Å². The lowest BCUT2D eigenvalue weighted by Crippen LogP contribution is -2.40. The van der Waals surface area contributed by atoms with E-state index in [1.165, 1.54) is 4.90 Å². The molecule has 4 nitrogen and oxygen atoms in total. The van der Waals surface area contributed by atoms with Crippen LogP contribution in [0.3, 0.4) is 0 Å². The van der Waals surface area contributed by atoms with Crippen molar-refractivity contribution in [1.82, 2.24) is 4.90 Å². The zero-order valence-electron chi connectivity index (χ0n) is 8.78. The average Bonchev–Trinajstić information content (AvgIpc) is 2.15. The summed E-state index contributed by atoms with van der Waals surface area (Å²) in [4.78, 5) is 23.9. The molecule has 1 aliphatic heterocycles. The Bertz CT molecular complexity index is 225. The Labute approximate surface area is 84.2 Å². The van der Waals surface area contributed by atoms with Crippen molar-refractivity contribution in [1.29, 1.82) is 0 Å². The predicted octanol–water partition coefficient (Wildman–Crippen LogP) is 1.79. The highest BCUT2D eigenvalue weighted by molar-refractivity contribution is 5.92. The first-order chi connectivity index (χ1) is 6.61. The molecule has 0 spiro atoms. The molecule has 4 heteroatoms. The molecule has 14 heavy (non-hydrogen) atoms. The summed E-state index contributed by atoms with van der Waals surface area (Å²) >= 11 is 0. The normalized spacial score (nSPS) is 17.4. The molecule has 1 fully saturated rings. The summed E-state index contributed by atoms with van der Waals surface area (Å²) in [5.41, 5.74) is 0. The zero-order valence-corrected chi connectivity index (χ0v) is 8.78. The maximum Gasteiger partial charge on any atom is 0.416 e. The van der Waals surface area contributed by atoms with Crippen molar-refractivity contribution in [3.05, 3.63) is 0 Å². The Morgan fingerprint density at radius 1 is 1.50 bits per heavy atom. The van der Waals surface area contributed by atoms with Gasteiger partial charge in [0.1, 0.15) is 0 Å². The van der Waals surface area contributed by atoms with Crippen molar-refractivity contribution in [2.45, 2.75) is 33.1 Å². The molecule has 0 radical (unpaired) electrons. The van der Waals surface area contributed by atoms with Crippen LogP contribution in [0.5, 0.6) is 0 Å². The second kappa shape index (κ2) is 4.98. The van der Waals surface area contributed by atoms with Crippen molar-refractivity contribution < 1.29 is 14.3 Å². The van der Waals surface area contributed by atoms with Gasteiger partial charge in [0.2, 0.25) is 5.91 Å². The smallest absolute Gasteiger partial charge is 0.416 e. The predicted molar refractivity (Wildman–Crippen MR) is 51.8 cm³/mol. The van der Waals surface area contributed by atoms with E-state index >= 15 is 0 Å². The van der Waals surface area contributed by atoms with Gasteiger partial charge in [0.15, 0.2) is 0 Å². The molecular weight excluding hydrogens is 182 g/mol. The summed E-state index contributed by atoms with van der Waals surface area (Å²) in [5.74, 6) is 0.198. The van der Waals surface area contributed by atoms with Gasteiger partial charge in [-0.05, 0) is 18.8 Å². The molecule has 1 aliphatic rings. The minimum Gasteiger partial charge on any atom is -0.449 e. The van der Waals surface area contributed by atoms with Gasteiger partial charge in [-0.1, -0.05) is 13.8 Å². The molecule has 2 amide bonds. The maximum atomic E-state index is 11.4. The first-order valence-corrected chi connectivity index (χ1v) is 5.08. The summed E-state index contributed by atoms with van der Waals surface area (Å²) in [6.45, 7) is 4.81. The molecule has 0 N–H and O–H groups in total. The van der Waals surface area contributed by atoms with Gasteiger partial charge < -0.3 is 4.74 Å². The fourth-order valence-corrected chi connectivity index (χ4v) is 1.31. The van der Waals surface area contributed by atoms with Crippen molar-refractivity contribution in [3.8, 4) is 0 Å². The minimum absolute atomic E-state index is 0.106. The number of ether oxygens (including phenoxy) is 1. The Kier molecular flexibility index (Phi) is 3.92. The molecule has 0 aromatic rings. The molecular formula is C10H17NO3. The Morgan fingerprint density at radius 2 is 2.21 bits per heavy atom. The first kappa shape index (κ1) is 11.0. The van der Waals surface area contributed by atoms with Crippen LogP contribution in [-0.2, 0) is 9.53 Å². The van der Waals surface area contributed by atoms with Gasteiger partial charge >= 0.3 is 6.09 Å². The molecule has 0 atom stereocenters. The number of amides is 2. The summed E-state index contributed by atoms with van der Waals surface area (Å²) in [7, 11) is 0. The summed E-state index contributed by atoms with van der Waals surface area (Å²) in [6, 6.07) is 0. The Morgan fingerprint density at radius 3 is 2.79 bits per heavy atom. The highest BCUT2D eigenvalue weighted by Crippen LogP contribution is 2.11. The third-order valence-electron chi connectivity index (χ3n) is 2.08. The lowest BCUT2D eigenvalue weighted by molar-refractivity contribution is -0.131. The number of hydrogen-bond donors (Lipinski definition) is 0. The number of imide groups is 1. The molecule has 1 rings (SSSR count). The molecule has 1 saturated heterocycles. The third-order valence-corrected chi connectivity index (χ3v) is 2.08. The third kappa shape index (κ3) is 3.01. The number of hydrogen-bond acceptors (Lipinski definition) is 3. The van der Waals surface area contributed by atoms with Crippen LogP contribution >= 0.6 is 0 Å². The highest BCUT2D eigenvalue weighted by atomic mass is 16.6. The molecule has 1 heterocycles. The first-order valence-electron chi connectivity index (χ1n) is 5.08. The largest absolute Gasteiger partial charge is 0.449 e. The molecule has 80 valence electrons. The molecule has 0 unspecified atom stereocenters. The Balaban J connectivity index is 2.38. The van der Waals surface area contributed by atoms with Gasteiger partial charge in [0.25, 0.3) is 0 Å². The fraction of sp³-hybridized carbons (Fsp3) is 0.800. The average molecular weight is 199 g/mol. The molecule has 0 aromatic heterocycles. The quantitative estimate of drug-likeness (QED) is 0.681. The number of rotatable bonds is 2. The molecule has 0 aromatic carbocycles. The second-order valence-corrected chi connectivity index (χ2v) is 3.97. The van der Waals surface area contributed by atoms with E-state index < -0.39 is 6.09 Å². The van der Waals surface area contributed by atoms with Crippen LogP contribution in [-0.4, -0.2) is 30.1 Å². The fourth-order valence-electron chi connectivity index (χ4n) is 1.31. The van der Waals surface area contributed by atoms with Crippen molar-refractivity contribution in [3.63, 3.8) is 0 Å². The van der Waals surface area contributed by atoms with E-state index in [0.29, 0.717) is 25.5 Å². The van der Waals surface area contributed by atoms with E-state index in [2.05, 4.69) is 0 Å². The zero-order chi connectivity index (χ0) is 10.6. The second-order valence-electron chi connectivity index (χ2n) is 3.97. The summed E-state index contributed by atoms with van der Waals surface area (Å²) < 4.78 is 4.98. The van der Waals surface area contributed by atoms with Crippen LogP contribution in [0.25, 0.3) is 0 Å². The number of carbonyl (C=O) groups is 2. The lowest BCUT2D eigenvalue weighted by atomic mass is 10.1. The maximum absolute atomic E-state index is 11.4. The van der Waals surface area contributed by atoms with E-state index in [0.717, 1.165) is 12.8 Å². The van der Waals surface area contributed by atoms with Gasteiger partial charge in [-0.2, -0.15) is 0 Å². The van der Waals surface area contributed by atoms with E-state index in [1.807, 2.05) is 13.8 Å². The minimum atomic E-state index is -0.483. The molecule has 0 aliphatic carbocycles. The number of nitrogens with zero attached hydrogens (tertiary/aromatic N) is 1. The van der Waals surface area contributed by atoms with Gasteiger partial charge in [-0.25, -0.2) is 9.69 Å². The monoisotopic (exact) mass is 199 g/mol. The van der Waals surface area contributed by atoms with Crippen LogP contribution in [0.2, 0.25) is 0 Å². The van der Waals surface area contributed by atoms with Crippen LogP contribution < -0.4 is 0 Å². The summed E-state index contributed by atoms with van der Waals surface area (Å²) in [6.07, 6.45) is 1.76. The number of piperidine rings is 1. The highest BCUT2D eigenvalue weighted by Gasteiger charge is 2.25.